The highest BCUT2D eigenvalue weighted by molar-refractivity contribution is 7.08. The molecule has 1 aromatic heterocycles. The number of thiophene rings is 1. The van der Waals surface area contributed by atoms with Crippen LogP contribution in [0, 0.1) is 0 Å². The molecule has 0 aliphatic carbocycles. The van der Waals surface area contributed by atoms with Crippen molar-refractivity contribution in [3.63, 3.8) is 0 Å². The monoisotopic (exact) mass is 285 g/mol. The number of hydrogen-bond donors (Lipinski definition) is 0. The van der Waals surface area contributed by atoms with Crippen LogP contribution in [0.1, 0.15) is 52.1 Å². The molecule has 0 spiro atoms. The minimum Gasteiger partial charge on any atom is -0.269 e. The zero-order chi connectivity index (χ0) is 14.1. The van der Waals surface area contributed by atoms with Crippen LogP contribution in [-0.2, 0) is 0 Å². The third kappa shape index (κ3) is 1.96. The molecular formula is C16H15NO2S. The molecule has 102 valence electrons. The van der Waals surface area contributed by atoms with Crippen molar-refractivity contribution < 1.29 is 9.59 Å². The minimum absolute atomic E-state index is 0.154. The molecule has 1 aliphatic rings. The Hall–Kier alpha value is -1.94. The number of fused-ring (bicyclic) bond motifs is 1. The van der Waals surface area contributed by atoms with Crippen LogP contribution in [-0.4, -0.2) is 16.7 Å². The van der Waals surface area contributed by atoms with Crippen molar-refractivity contribution in [1.29, 1.82) is 0 Å². The van der Waals surface area contributed by atoms with E-state index in [2.05, 4.69) is 6.92 Å². The second kappa shape index (κ2) is 5.21. The van der Waals surface area contributed by atoms with Gasteiger partial charge in [0.25, 0.3) is 11.8 Å². The predicted octanol–water partition coefficient (Wildman–Crippen LogP) is 3.89. The molecule has 1 atom stereocenters. The lowest BCUT2D eigenvalue weighted by atomic mass is 10.0. The van der Waals surface area contributed by atoms with E-state index in [9.17, 15) is 9.59 Å². The van der Waals surface area contributed by atoms with Crippen LogP contribution >= 0.6 is 11.3 Å². The van der Waals surface area contributed by atoms with Crippen LogP contribution in [0.15, 0.2) is 41.1 Å². The second-order valence-corrected chi connectivity index (χ2v) is 5.67. The maximum atomic E-state index is 12.5. The fourth-order valence-corrected chi connectivity index (χ4v) is 3.38. The zero-order valence-corrected chi connectivity index (χ0v) is 12.0. The average Bonchev–Trinajstić information content (AvgIpc) is 3.07. The number of amides is 2. The topological polar surface area (TPSA) is 37.4 Å². The molecule has 0 N–H and O–H groups in total. The van der Waals surface area contributed by atoms with Crippen LogP contribution in [0.2, 0.25) is 0 Å². The SMILES string of the molecule is CCCC(c1ccsc1)N1C(=O)c2ccccc2C1=O. The molecule has 1 aromatic carbocycles. The summed E-state index contributed by atoms with van der Waals surface area (Å²) in [5, 5.41) is 4.00. The second-order valence-electron chi connectivity index (χ2n) is 4.89. The van der Waals surface area contributed by atoms with Gasteiger partial charge in [-0.15, -0.1) is 0 Å². The van der Waals surface area contributed by atoms with Gasteiger partial charge in [0.15, 0.2) is 0 Å². The minimum atomic E-state index is -0.171. The molecule has 2 aromatic rings. The lowest BCUT2D eigenvalue weighted by molar-refractivity contribution is 0.0573. The third-order valence-electron chi connectivity index (χ3n) is 3.63. The normalized spacial score (nSPS) is 15.6. The van der Waals surface area contributed by atoms with Gasteiger partial charge in [-0.05, 0) is 40.9 Å². The van der Waals surface area contributed by atoms with Gasteiger partial charge in [0.1, 0.15) is 0 Å². The van der Waals surface area contributed by atoms with Crippen molar-refractivity contribution in [2.24, 2.45) is 0 Å². The van der Waals surface area contributed by atoms with Crippen molar-refractivity contribution in [3.8, 4) is 0 Å². The first-order valence-corrected chi connectivity index (χ1v) is 7.67. The zero-order valence-electron chi connectivity index (χ0n) is 11.2. The Balaban J connectivity index is 2.02. The molecule has 0 saturated carbocycles. The molecule has 3 rings (SSSR count). The molecule has 3 nitrogen and oxygen atoms in total. The number of nitrogens with zero attached hydrogens (tertiary/aromatic N) is 1. The van der Waals surface area contributed by atoms with E-state index < -0.39 is 0 Å². The smallest absolute Gasteiger partial charge is 0.262 e. The van der Waals surface area contributed by atoms with Gasteiger partial charge in [-0.2, -0.15) is 11.3 Å². The fourth-order valence-electron chi connectivity index (χ4n) is 2.67. The molecule has 0 radical (unpaired) electrons. The van der Waals surface area contributed by atoms with Crippen LogP contribution in [0.4, 0.5) is 0 Å². The number of carbonyl (C=O) groups is 2. The van der Waals surface area contributed by atoms with Crippen molar-refractivity contribution >= 4 is 23.2 Å². The fraction of sp³-hybridized carbons (Fsp3) is 0.250. The predicted molar refractivity (Wildman–Crippen MR) is 78.9 cm³/mol. The van der Waals surface area contributed by atoms with E-state index >= 15 is 0 Å². The lowest BCUT2D eigenvalue weighted by Gasteiger charge is -2.25. The number of hydrogen-bond acceptors (Lipinski definition) is 3. The number of imide groups is 1. The first-order chi connectivity index (χ1) is 9.74. The van der Waals surface area contributed by atoms with Crippen LogP contribution in [0.5, 0.6) is 0 Å². The molecule has 1 unspecified atom stereocenters. The third-order valence-corrected chi connectivity index (χ3v) is 4.33. The summed E-state index contributed by atoms with van der Waals surface area (Å²) in [6.45, 7) is 2.07. The summed E-state index contributed by atoms with van der Waals surface area (Å²) in [5.74, 6) is -0.342. The van der Waals surface area contributed by atoms with E-state index in [-0.39, 0.29) is 17.9 Å². The van der Waals surface area contributed by atoms with Crippen molar-refractivity contribution in [3.05, 3.63) is 57.8 Å². The number of carbonyl (C=O) groups excluding carboxylic acids is 2. The maximum Gasteiger partial charge on any atom is 0.262 e. The molecule has 20 heavy (non-hydrogen) atoms. The van der Waals surface area contributed by atoms with Crippen LogP contribution in [0.3, 0.4) is 0 Å². The van der Waals surface area contributed by atoms with E-state index in [0.29, 0.717) is 11.1 Å². The van der Waals surface area contributed by atoms with E-state index in [1.807, 2.05) is 16.8 Å². The molecule has 1 aliphatic heterocycles. The van der Waals surface area contributed by atoms with Gasteiger partial charge in [0, 0.05) is 0 Å². The highest BCUT2D eigenvalue weighted by atomic mass is 32.1. The Morgan fingerprint density at radius 2 is 1.75 bits per heavy atom. The largest absolute Gasteiger partial charge is 0.269 e. The van der Waals surface area contributed by atoms with E-state index in [1.54, 1.807) is 35.6 Å². The summed E-state index contributed by atoms with van der Waals surface area (Å²) in [4.78, 5) is 26.5. The Labute approximate surface area is 121 Å². The van der Waals surface area contributed by atoms with Gasteiger partial charge in [-0.25, -0.2) is 0 Å². The quantitative estimate of drug-likeness (QED) is 0.799. The van der Waals surface area contributed by atoms with Crippen molar-refractivity contribution in [2.45, 2.75) is 25.8 Å². The molecular weight excluding hydrogens is 270 g/mol. The summed E-state index contributed by atoms with van der Waals surface area (Å²) in [7, 11) is 0. The molecule has 2 heterocycles. The Morgan fingerprint density at radius 1 is 1.10 bits per heavy atom. The van der Waals surface area contributed by atoms with Crippen molar-refractivity contribution in [2.75, 3.05) is 0 Å². The molecule has 2 amide bonds. The van der Waals surface area contributed by atoms with Gasteiger partial charge >= 0.3 is 0 Å². The first-order valence-electron chi connectivity index (χ1n) is 6.73. The van der Waals surface area contributed by atoms with Gasteiger partial charge in [-0.1, -0.05) is 25.5 Å². The summed E-state index contributed by atoms with van der Waals surface area (Å²) in [6, 6.07) is 8.89. The maximum absolute atomic E-state index is 12.5. The van der Waals surface area contributed by atoms with Gasteiger partial charge in [0.05, 0.1) is 17.2 Å². The van der Waals surface area contributed by atoms with E-state index in [0.717, 1.165) is 18.4 Å². The molecule has 0 saturated heterocycles. The number of rotatable bonds is 4. The summed E-state index contributed by atoms with van der Waals surface area (Å²) in [5.41, 5.74) is 2.09. The van der Waals surface area contributed by atoms with Crippen LogP contribution in [0.25, 0.3) is 0 Å². The Bertz CT molecular complexity index is 613. The van der Waals surface area contributed by atoms with Gasteiger partial charge in [-0.3, -0.25) is 14.5 Å². The summed E-state index contributed by atoms with van der Waals surface area (Å²) < 4.78 is 0. The first kappa shape index (κ1) is 13.1. The highest BCUT2D eigenvalue weighted by Gasteiger charge is 2.39. The summed E-state index contributed by atoms with van der Waals surface area (Å²) in [6.07, 6.45) is 1.72. The standard InChI is InChI=1S/C16H15NO2S/c1-2-5-14(11-8-9-20-10-11)17-15(18)12-6-3-4-7-13(12)16(17)19/h3-4,6-10,14H,2,5H2,1H3. The Kier molecular flexibility index (Phi) is 3.40. The molecule has 0 fully saturated rings. The molecule has 0 bridgehead atoms. The van der Waals surface area contributed by atoms with Crippen molar-refractivity contribution in [1.82, 2.24) is 4.90 Å². The Morgan fingerprint density at radius 3 is 2.25 bits per heavy atom. The number of benzene rings is 1. The summed E-state index contributed by atoms with van der Waals surface area (Å²) >= 11 is 1.59. The van der Waals surface area contributed by atoms with Crippen LogP contribution < -0.4 is 0 Å². The van der Waals surface area contributed by atoms with Gasteiger partial charge in [0.2, 0.25) is 0 Å². The van der Waals surface area contributed by atoms with E-state index in [1.165, 1.54) is 4.90 Å². The van der Waals surface area contributed by atoms with E-state index in [4.69, 9.17) is 0 Å². The lowest BCUT2D eigenvalue weighted by Crippen LogP contribution is -2.33. The van der Waals surface area contributed by atoms with Gasteiger partial charge < -0.3 is 0 Å². The average molecular weight is 285 g/mol. The highest BCUT2D eigenvalue weighted by Crippen LogP contribution is 2.34. The molecule has 4 heteroatoms.